The van der Waals surface area contributed by atoms with Gasteiger partial charge in [0.1, 0.15) is 5.82 Å². The Morgan fingerprint density at radius 1 is 1.55 bits per heavy atom. The molecule has 11 heavy (non-hydrogen) atoms. The highest BCUT2D eigenvalue weighted by atomic mass is 19.1. The van der Waals surface area contributed by atoms with E-state index < -0.39 is 0 Å². The van der Waals surface area contributed by atoms with E-state index in [1.54, 1.807) is 6.20 Å². The van der Waals surface area contributed by atoms with Crippen molar-refractivity contribution < 1.29 is 4.39 Å². The van der Waals surface area contributed by atoms with Crippen LogP contribution in [0.4, 0.5) is 4.39 Å². The Bertz CT molecular complexity index is 267. The summed E-state index contributed by atoms with van der Waals surface area (Å²) in [5.41, 5.74) is 0. The predicted molar refractivity (Wildman–Crippen MR) is 40.0 cm³/mol. The number of allylic oxidation sites excluding steroid dienone is 1. The minimum absolute atomic E-state index is 0.303. The lowest BCUT2D eigenvalue weighted by molar-refractivity contribution is 0.393. The fraction of sp³-hybridized carbons (Fsp3) is 0.286. The van der Waals surface area contributed by atoms with E-state index in [2.05, 4.69) is 5.10 Å². The first kappa shape index (κ1) is 6.39. The van der Waals surface area contributed by atoms with Crippen LogP contribution in [0.1, 0.15) is 6.42 Å². The van der Waals surface area contributed by atoms with E-state index in [0.717, 1.165) is 5.82 Å². The van der Waals surface area contributed by atoms with Crippen molar-refractivity contribution in [1.29, 1.82) is 0 Å². The Labute approximate surface area is 64.1 Å². The number of hydrogen-bond donors (Lipinski definition) is 0. The van der Waals surface area contributed by atoms with Crippen LogP contribution in [0.25, 0.3) is 0 Å². The molecule has 0 unspecified atom stereocenters. The zero-order valence-corrected chi connectivity index (χ0v) is 6.16. The van der Waals surface area contributed by atoms with E-state index in [1.807, 2.05) is 24.2 Å². The van der Waals surface area contributed by atoms with Gasteiger partial charge in [-0.15, -0.1) is 5.10 Å². The average molecular weight is 153 g/mol. The van der Waals surface area contributed by atoms with E-state index in [-0.39, 0.29) is 5.97 Å². The lowest BCUT2D eigenvalue weighted by atomic mass is 10.3. The second kappa shape index (κ2) is 2.08. The molecule has 2 aliphatic rings. The molecule has 0 aromatic carbocycles. The minimum Gasteiger partial charge on any atom is -0.335 e. The van der Waals surface area contributed by atoms with E-state index in [4.69, 9.17) is 0 Å². The standard InChI is InChI=1S/C7H8FN3/c1-10-4-5-11-7(10)3-2-6(8)9-11/h3-5H,2H2,1H3. The predicted octanol–water partition coefficient (Wildman–Crippen LogP) is 1.23. The van der Waals surface area contributed by atoms with Crippen molar-refractivity contribution in [2.24, 2.45) is 5.10 Å². The van der Waals surface area contributed by atoms with Gasteiger partial charge in [0, 0.05) is 25.9 Å². The molecule has 0 fully saturated rings. The highest BCUT2D eigenvalue weighted by Crippen LogP contribution is 2.22. The fourth-order valence-electron chi connectivity index (χ4n) is 1.13. The van der Waals surface area contributed by atoms with Gasteiger partial charge in [-0.3, -0.25) is 0 Å². The first-order valence-electron chi connectivity index (χ1n) is 3.41. The molecule has 2 rings (SSSR count). The third-order valence-corrected chi connectivity index (χ3v) is 1.70. The van der Waals surface area contributed by atoms with Crippen LogP contribution in [0.3, 0.4) is 0 Å². The van der Waals surface area contributed by atoms with E-state index in [0.29, 0.717) is 6.42 Å². The van der Waals surface area contributed by atoms with Gasteiger partial charge in [-0.1, -0.05) is 0 Å². The van der Waals surface area contributed by atoms with Crippen LogP contribution in [0.2, 0.25) is 0 Å². The van der Waals surface area contributed by atoms with Crippen molar-refractivity contribution in [2.75, 3.05) is 7.05 Å². The molecule has 0 amide bonds. The maximum Gasteiger partial charge on any atom is 0.212 e. The molecule has 2 aliphatic heterocycles. The van der Waals surface area contributed by atoms with Crippen LogP contribution in [-0.4, -0.2) is 22.9 Å². The summed E-state index contributed by atoms with van der Waals surface area (Å²) in [5, 5.41) is 5.21. The van der Waals surface area contributed by atoms with Gasteiger partial charge in [0.05, 0.1) is 0 Å². The van der Waals surface area contributed by atoms with Crippen molar-refractivity contribution in [3.05, 3.63) is 24.3 Å². The summed E-state index contributed by atoms with van der Waals surface area (Å²) in [6.07, 6.45) is 5.68. The van der Waals surface area contributed by atoms with E-state index >= 15 is 0 Å². The van der Waals surface area contributed by atoms with Gasteiger partial charge in [0.15, 0.2) is 0 Å². The van der Waals surface area contributed by atoms with Gasteiger partial charge < -0.3 is 4.90 Å². The second-order valence-corrected chi connectivity index (χ2v) is 2.50. The summed E-state index contributed by atoms with van der Waals surface area (Å²) >= 11 is 0. The van der Waals surface area contributed by atoms with Gasteiger partial charge in [-0.05, 0) is 6.08 Å². The molecule has 0 radical (unpaired) electrons. The molecule has 4 heteroatoms. The Morgan fingerprint density at radius 3 is 3.18 bits per heavy atom. The van der Waals surface area contributed by atoms with Crippen molar-refractivity contribution in [2.45, 2.75) is 6.42 Å². The normalized spacial score (nSPS) is 21.6. The Balaban J connectivity index is 2.29. The SMILES string of the molecule is CN1C=CN2N=C(F)CC=C12. The maximum absolute atomic E-state index is 12.6. The molecule has 3 nitrogen and oxygen atoms in total. The summed E-state index contributed by atoms with van der Waals surface area (Å²) in [5.74, 6) is 0.583. The van der Waals surface area contributed by atoms with E-state index in [9.17, 15) is 4.39 Å². The van der Waals surface area contributed by atoms with Crippen LogP contribution in [0, 0.1) is 0 Å². The lowest BCUT2D eigenvalue weighted by Crippen LogP contribution is -2.19. The van der Waals surface area contributed by atoms with Gasteiger partial charge in [0.2, 0.25) is 5.97 Å². The first-order valence-corrected chi connectivity index (χ1v) is 3.41. The summed E-state index contributed by atoms with van der Waals surface area (Å²) in [6, 6.07) is 0. The molecular weight excluding hydrogens is 145 g/mol. The van der Waals surface area contributed by atoms with Crippen LogP contribution in [0.5, 0.6) is 0 Å². The second-order valence-electron chi connectivity index (χ2n) is 2.50. The molecular formula is C7H8FN3. The molecule has 0 aromatic rings. The zero-order valence-electron chi connectivity index (χ0n) is 6.16. The molecule has 0 spiro atoms. The molecule has 0 atom stereocenters. The van der Waals surface area contributed by atoms with Crippen LogP contribution in [-0.2, 0) is 0 Å². The highest BCUT2D eigenvalue weighted by molar-refractivity contribution is 5.77. The smallest absolute Gasteiger partial charge is 0.212 e. The van der Waals surface area contributed by atoms with Crippen molar-refractivity contribution in [1.82, 2.24) is 9.91 Å². The van der Waals surface area contributed by atoms with Crippen molar-refractivity contribution >= 4 is 5.97 Å². The molecule has 58 valence electrons. The minimum atomic E-state index is -0.339. The number of hydrogen-bond acceptors (Lipinski definition) is 3. The van der Waals surface area contributed by atoms with Crippen molar-refractivity contribution in [3.63, 3.8) is 0 Å². The number of nitrogens with zero attached hydrogens (tertiary/aromatic N) is 3. The fourth-order valence-corrected chi connectivity index (χ4v) is 1.13. The zero-order chi connectivity index (χ0) is 7.84. The third-order valence-electron chi connectivity index (χ3n) is 1.70. The monoisotopic (exact) mass is 153 g/mol. The van der Waals surface area contributed by atoms with E-state index in [1.165, 1.54) is 5.01 Å². The lowest BCUT2D eigenvalue weighted by Gasteiger charge is -2.20. The Morgan fingerprint density at radius 2 is 2.36 bits per heavy atom. The number of rotatable bonds is 0. The quantitative estimate of drug-likeness (QED) is 0.521. The third kappa shape index (κ3) is 0.906. The molecule has 0 aromatic heterocycles. The van der Waals surface area contributed by atoms with Crippen LogP contribution < -0.4 is 0 Å². The number of hydrazone groups is 1. The number of halogens is 1. The van der Waals surface area contributed by atoms with Crippen LogP contribution >= 0.6 is 0 Å². The Hall–Kier alpha value is -1.32. The average Bonchev–Trinajstić information content (AvgIpc) is 2.32. The Kier molecular flexibility index (Phi) is 1.21. The summed E-state index contributed by atoms with van der Waals surface area (Å²) < 4.78 is 12.6. The molecule has 0 saturated carbocycles. The largest absolute Gasteiger partial charge is 0.335 e. The van der Waals surface area contributed by atoms with Gasteiger partial charge >= 0.3 is 0 Å². The molecule has 0 bridgehead atoms. The molecule has 2 heterocycles. The summed E-state index contributed by atoms with van der Waals surface area (Å²) in [4.78, 5) is 1.90. The van der Waals surface area contributed by atoms with Gasteiger partial charge in [-0.25, -0.2) is 5.01 Å². The first-order chi connectivity index (χ1) is 5.27. The molecule has 0 aliphatic carbocycles. The highest BCUT2D eigenvalue weighted by Gasteiger charge is 2.19. The number of fused-ring (bicyclic) bond motifs is 1. The summed E-state index contributed by atoms with van der Waals surface area (Å²) in [7, 11) is 1.90. The molecule has 0 N–H and O–H groups in total. The van der Waals surface area contributed by atoms with Crippen molar-refractivity contribution in [3.8, 4) is 0 Å². The van der Waals surface area contributed by atoms with Crippen LogP contribution in [0.15, 0.2) is 29.4 Å². The molecule has 0 saturated heterocycles. The summed E-state index contributed by atoms with van der Waals surface area (Å²) in [6.45, 7) is 0. The van der Waals surface area contributed by atoms with Gasteiger partial charge in [-0.2, -0.15) is 4.39 Å². The maximum atomic E-state index is 12.6. The van der Waals surface area contributed by atoms with Gasteiger partial charge in [0.25, 0.3) is 0 Å². The topological polar surface area (TPSA) is 18.8 Å².